The molecule has 2 unspecified atom stereocenters. The predicted octanol–water partition coefficient (Wildman–Crippen LogP) is 4.34. The molecule has 4 fully saturated rings. The third kappa shape index (κ3) is 2.26. The van der Waals surface area contributed by atoms with Gasteiger partial charge in [-0.05, 0) is 74.6 Å². The number of amides is 1. The molecule has 1 aromatic rings. The summed E-state index contributed by atoms with van der Waals surface area (Å²) in [7, 11) is 0. The molecular formula is C17H19ClFNO. The van der Waals surface area contributed by atoms with Crippen LogP contribution in [0.15, 0.2) is 24.3 Å². The topological polar surface area (TPSA) is 29.1 Å². The van der Waals surface area contributed by atoms with Crippen LogP contribution < -0.4 is 5.32 Å². The van der Waals surface area contributed by atoms with E-state index in [0.717, 1.165) is 32.1 Å². The average molecular weight is 308 g/mol. The van der Waals surface area contributed by atoms with Crippen molar-refractivity contribution in [3.8, 4) is 0 Å². The molecule has 4 bridgehead atoms. The van der Waals surface area contributed by atoms with E-state index in [2.05, 4.69) is 5.32 Å². The molecule has 112 valence electrons. The van der Waals surface area contributed by atoms with Gasteiger partial charge in [0.15, 0.2) is 0 Å². The summed E-state index contributed by atoms with van der Waals surface area (Å²) in [6.07, 6.45) is 6.09. The van der Waals surface area contributed by atoms with E-state index in [4.69, 9.17) is 11.6 Å². The molecule has 4 heteroatoms. The molecule has 1 N–H and O–H groups in total. The summed E-state index contributed by atoms with van der Waals surface area (Å²) in [5.41, 5.74) is 0.362. The second-order valence-electron chi connectivity index (χ2n) is 7.35. The van der Waals surface area contributed by atoms with Crippen LogP contribution in [0.5, 0.6) is 0 Å². The number of rotatable bonds is 2. The van der Waals surface area contributed by atoms with Crippen molar-refractivity contribution in [3.63, 3.8) is 0 Å². The highest BCUT2D eigenvalue weighted by Gasteiger charge is 2.60. The number of hydrogen-bond acceptors (Lipinski definition) is 1. The van der Waals surface area contributed by atoms with Crippen LogP contribution >= 0.6 is 11.6 Å². The smallest absolute Gasteiger partial charge is 0.230 e. The van der Waals surface area contributed by atoms with Crippen LogP contribution in [0.25, 0.3) is 0 Å². The molecule has 0 heterocycles. The van der Waals surface area contributed by atoms with E-state index in [1.54, 1.807) is 12.1 Å². The second-order valence-corrected chi connectivity index (χ2v) is 8.16. The van der Waals surface area contributed by atoms with Crippen molar-refractivity contribution in [2.45, 2.75) is 43.4 Å². The second kappa shape index (κ2) is 4.45. The molecule has 4 atom stereocenters. The number of halogens is 2. The van der Waals surface area contributed by atoms with Crippen LogP contribution in [0.4, 0.5) is 10.1 Å². The van der Waals surface area contributed by atoms with Gasteiger partial charge in [-0.1, -0.05) is 0 Å². The largest absolute Gasteiger partial charge is 0.326 e. The number of hydrogen-bond donors (Lipinski definition) is 1. The third-order valence-electron chi connectivity index (χ3n) is 5.57. The maximum atomic E-state index is 13.0. The molecule has 0 radical (unpaired) electrons. The highest BCUT2D eigenvalue weighted by Crippen LogP contribution is 2.64. The normalized spacial score (nSPS) is 40.3. The average Bonchev–Trinajstić information content (AvgIpc) is 2.38. The highest BCUT2D eigenvalue weighted by atomic mass is 35.5. The Balaban J connectivity index is 1.57. The number of carbonyl (C=O) groups excluding carboxylic acids is 1. The Bertz CT molecular complexity index is 571. The summed E-state index contributed by atoms with van der Waals surface area (Å²) in [6.45, 7) is 0. The molecule has 4 aliphatic carbocycles. The monoisotopic (exact) mass is 307 g/mol. The summed E-state index contributed by atoms with van der Waals surface area (Å²) in [6, 6.07) is 5.98. The number of anilines is 1. The Morgan fingerprint density at radius 3 is 2.33 bits per heavy atom. The van der Waals surface area contributed by atoms with Crippen LogP contribution in [0.1, 0.15) is 38.5 Å². The number of benzene rings is 1. The first kappa shape index (κ1) is 13.6. The standard InChI is InChI=1S/C17H19ClFNO/c18-17-8-11-5-12(9-17)7-16(6-11,10-17)15(21)20-14-3-1-13(19)2-4-14/h1-4,11-12H,5-10H2,(H,20,21)/t11-,12+,16?,17?. The Labute approximate surface area is 129 Å². The number of carbonyl (C=O) groups is 1. The Hall–Kier alpha value is -1.09. The van der Waals surface area contributed by atoms with E-state index in [9.17, 15) is 9.18 Å². The van der Waals surface area contributed by atoms with Gasteiger partial charge in [0.1, 0.15) is 5.82 Å². The summed E-state index contributed by atoms with van der Waals surface area (Å²) in [5, 5.41) is 2.98. The third-order valence-corrected chi connectivity index (χ3v) is 6.02. The van der Waals surface area contributed by atoms with Gasteiger partial charge < -0.3 is 5.32 Å². The Morgan fingerprint density at radius 2 is 1.76 bits per heavy atom. The van der Waals surface area contributed by atoms with Crippen molar-refractivity contribution in [1.29, 1.82) is 0 Å². The maximum Gasteiger partial charge on any atom is 0.230 e. The van der Waals surface area contributed by atoms with E-state index in [0.29, 0.717) is 17.5 Å². The lowest BCUT2D eigenvalue weighted by molar-refractivity contribution is -0.138. The predicted molar refractivity (Wildman–Crippen MR) is 80.7 cm³/mol. The van der Waals surface area contributed by atoms with Gasteiger partial charge in [0.2, 0.25) is 5.91 Å². The van der Waals surface area contributed by atoms with Crippen LogP contribution in [0.2, 0.25) is 0 Å². The van der Waals surface area contributed by atoms with Gasteiger partial charge >= 0.3 is 0 Å². The highest BCUT2D eigenvalue weighted by molar-refractivity contribution is 6.24. The lowest BCUT2D eigenvalue weighted by Gasteiger charge is -2.59. The zero-order chi connectivity index (χ0) is 14.7. The molecule has 4 aliphatic rings. The zero-order valence-electron chi connectivity index (χ0n) is 11.9. The van der Waals surface area contributed by atoms with Crippen LogP contribution in [0.3, 0.4) is 0 Å². The van der Waals surface area contributed by atoms with Gasteiger partial charge in [-0.2, -0.15) is 0 Å². The lowest BCUT2D eigenvalue weighted by atomic mass is 9.49. The number of alkyl halides is 1. The van der Waals surface area contributed by atoms with E-state index in [1.165, 1.54) is 18.6 Å². The van der Waals surface area contributed by atoms with E-state index >= 15 is 0 Å². The van der Waals surface area contributed by atoms with E-state index in [1.807, 2.05) is 0 Å². The summed E-state index contributed by atoms with van der Waals surface area (Å²) in [4.78, 5) is 12.7. The fraction of sp³-hybridized carbons (Fsp3) is 0.588. The molecule has 21 heavy (non-hydrogen) atoms. The quantitative estimate of drug-likeness (QED) is 0.809. The lowest BCUT2D eigenvalue weighted by Crippen LogP contribution is -2.57. The summed E-state index contributed by atoms with van der Waals surface area (Å²) >= 11 is 6.76. The van der Waals surface area contributed by atoms with Gasteiger partial charge in [-0.25, -0.2) is 4.39 Å². The van der Waals surface area contributed by atoms with Crippen molar-refractivity contribution < 1.29 is 9.18 Å². The minimum absolute atomic E-state index is 0.0771. The van der Waals surface area contributed by atoms with Crippen molar-refractivity contribution >= 4 is 23.2 Å². The zero-order valence-corrected chi connectivity index (χ0v) is 12.6. The molecule has 2 nitrogen and oxygen atoms in total. The first-order chi connectivity index (χ1) is 9.96. The van der Waals surface area contributed by atoms with Crippen LogP contribution in [-0.4, -0.2) is 10.8 Å². The van der Waals surface area contributed by atoms with Crippen molar-refractivity contribution in [3.05, 3.63) is 30.1 Å². The first-order valence-corrected chi connectivity index (χ1v) is 8.10. The van der Waals surface area contributed by atoms with Crippen molar-refractivity contribution in [2.24, 2.45) is 17.3 Å². The van der Waals surface area contributed by atoms with E-state index < -0.39 is 0 Å². The molecule has 5 rings (SSSR count). The van der Waals surface area contributed by atoms with Gasteiger partial charge in [0.25, 0.3) is 0 Å². The maximum absolute atomic E-state index is 13.0. The summed E-state index contributed by atoms with van der Waals surface area (Å²) in [5.74, 6) is 0.987. The molecule has 0 aromatic heterocycles. The van der Waals surface area contributed by atoms with Crippen molar-refractivity contribution in [1.82, 2.24) is 0 Å². The molecule has 1 aromatic carbocycles. The van der Waals surface area contributed by atoms with Gasteiger partial charge in [-0.15, -0.1) is 11.6 Å². The molecule has 0 spiro atoms. The SMILES string of the molecule is O=C(Nc1ccc(F)cc1)C12C[C@@H]3C[C@@H](CC(Cl)(C3)C1)C2. The van der Waals surface area contributed by atoms with Gasteiger partial charge in [-0.3, -0.25) is 4.79 Å². The van der Waals surface area contributed by atoms with E-state index in [-0.39, 0.29) is 22.0 Å². The fourth-order valence-corrected chi connectivity index (χ4v) is 5.91. The molecular weight excluding hydrogens is 289 g/mol. The minimum Gasteiger partial charge on any atom is -0.326 e. The van der Waals surface area contributed by atoms with Crippen LogP contribution in [0, 0.1) is 23.1 Å². The minimum atomic E-state index is -0.305. The van der Waals surface area contributed by atoms with Gasteiger partial charge in [0.05, 0.1) is 5.41 Å². The fourth-order valence-electron chi connectivity index (χ4n) is 5.21. The molecule has 0 aliphatic heterocycles. The van der Waals surface area contributed by atoms with Crippen molar-refractivity contribution in [2.75, 3.05) is 5.32 Å². The Morgan fingerprint density at radius 1 is 1.14 bits per heavy atom. The Kier molecular flexibility index (Phi) is 2.88. The molecule has 1 amide bonds. The number of nitrogens with one attached hydrogen (secondary N) is 1. The summed E-state index contributed by atoms with van der Waals surface area (Å²) < 4.78 is 13.0. The molecule has 4 saturated carbocycles. The molecule has 0 saturated heterocycles. The van der Waals surface area contributed by atoms with Gasteiger partial charge in [0, 0.05) is 10.6 Å². The van der Waals surface area contributed by atoms with Crippen LogP contribution in [-0.2, 0) is 4.79 Å². The first-order valence-electron chi connectivity index (χ1n) is 7.72.